The van der Waals surface area contributed by atoms with E-state index >= 15 is 0 Å². The first kappa shape index (κ1) is 14.0. The molecule has 0 spiro atoms. The van der Waals surface area contributed by atoms with Crippen LogP contribution >= 0.6 is 0 Å². The fraction of sp³-hybridized carbons (Fsp3) is 0.417. The van der Waals surface area contributed by atoms with E-state index in [-0.39, 0.29) is 24.8 Å². The average molecular weight is 252 g/mol. The Labute approximate surface area is 106 Å². The van der Waals surface area contributed by atoms with Gasteiger partial charge in [0.15, 0.2) is 0 Å². The van der Waals surface area contributed by atoms with Crippen molar-refractivity contribution in [3.05, 3.63) is 24.0 Å². The van der Waals surface area contributed by atoms with Crippen LogP contribution in [0.4, 0.5) is 0 Å². The Balaban J connectivity index is 2.71. The monoisotopic (exact) mass is 252 g/mol. The van der Waals surface area contributed by atoms with Gasteiger partial charge in [0.1, 0.15) is 5.75 Å². The summed E-state index contributed by atoms with van der Waals surface area (Å²) in [6, 6.07) is 1.58. The third-order valence-corrected chi connectivity index (χ3v) is 2.46. The van der Waals surface area contributed by atoms with Crippen molar-refractivity contribution >= 4 is 11.9 Å². The maximum atomic E-state index is 12.1. The maximum Gasteiger partial charge on any atom is 0.307 e. The molecule has 0 radical (unpaired) electrons. The lowest BCUT2D eigenvalue weighted by molar-refractivity contribution is -0.140. The zero-order chi connectivity index (χ0) is 13.5. The molecule has 1 aromatic heterocycles. The van der Waals surface area contributed by atoms with Gasteiger partial charge in [-0.05, 0) is 6.07 Å². The van der Waals surface area contributed by atoms with Crippen molar-refractivity contribution in [2.75, 3.05) is 27.8 Å². The van der Waals surface area contributed by atoms with Gasteiger partial charge >= 0.3 is 5.97 Å². The van der Waals surface area contributed by atoms with Crippen LogP contribution < -0.4 is 4.74 Å². The van der Waals surface area contributed by atoms with E-state index in [9.17, 15) is 9.59 Å². The van der Waals surface area contributed by atoms with Crippen LogP contribution in [0.5, 0.6) is 5.75 Å². The minimum atomic E-state index is -0.351. The molecule has 0 aliphatic carbocycles. The molecule has 0 saturated carbocycles. The van der Waals surface area contributed by atoms with Crippen LogP contribution in [0.1, 0.15) is 16.8 Å². The molecule has 0 atom stereocenters. The van der Waals surface area contributed by atoms with Gasteiger partial charge in [-0.15, -0.1) is 0 Å². The summed E-state index contributed by atoms with van der Waals surface area (Å²) in [5, 5.41) is 0. The normalized spacial score (nSPS) is 9.72. The molecule has 1 aromatic rings. The lowest BCUT2D eigenvalue weighted by Crippen LogP contribution is -2.29. The third kappa shape index (κ3) is 3.44. The van der Waals surface area contributed by atoms with Crippen molar-refractivity contribution in [3.8, 4) is 5.75 Å². The molecule has 1 heterocycles. The largest absolute Gasteiger partial charge is 0.494 e. The van der Waals surface area contributed by atoms with E-state index in [0.29, 0.717) is 11.3 Å². The highest BCUT2D eigenvalue weighted by atomic mass is 16.5. The number of nitrogens with zero attached hydrogens (tertiary/aromatic N) is 2. The van der Waals surface area contributed by atoms with Crippen molar-refractivity contribution in [3.63, 3.8) is 0 Å². The standard InChI is InChI=1S/C12H16N2O4/c1-14(7-5-11(15)18-3)12(16)9-4-6-13-8-10(9)17-2/h4,6,8H,5,7H2,1-3H3. The Morgan fingerprint density at radius 1 is 1.39 bits per heavy atom. The summed E-state index contributed by atoms with van der Waals surface area (Å²) in [4.78, 5) is 28.4. The molecular weight excluding hydrogens is 236 g/mol. The molecule has 0 saturated heterocycles. The zero-order valence-corrected chi connectivity index (χ0v) is 10.7. The SMILES string of the molecule is COC(=O)CCN(C)C(=O)c1ccncc1OC. The van der Waals surface area contributed by atoms with Gasteiger partial charge in [0.25, 0.3) is 5.91 Å². The highest BCUT2D eigenvalue weighted by molar-refractivity contribution is 5.96. The summed E-state index contributed by atoms with van der Waals surface area (Å²) < 4.78 is 9.58. The minimum Gasteiger partial charge on any atom is -0.494 e. The van der Waals surface area contributed by atoms with E-state index in [1.165, 1.54) is 31.5 Å². The molecule has 0 fully saturated rings. The Bertz CT molecular complexity index is 434. The summed E-state index contributed by atoms with van der Waals surface area (Å²) in [7, 11) is 4.41. The van der Waals surface area contributed by atoms with Gasteiger partial charge in [0.2, 0.25) is 0 Å². The molecule has 0 aromatic carbocycles. The summed E-state index contributed by atoms with van der Waals surface area (Å²) in [6.07, 6.45) is 3.15. The third-order valence-electron chi connectivity index (χ3n) is 2.46. The quantitative estimate of drug-likeness (QED) is 0.722. The second-order valence-corrected chi connectivity index (χ2v) is 3.63. The molecule has 1 rings (SSSR count). The number of hydrogen-bond donors (Lipinski definition) is 0. The molecule has 6 nitrogen and oxygen atoms in total. The van der Waals surface area contributed by atoms with Crippen LogP contribution in [-0.4, -0.2) is 49.6 Å². The lowest BCUT2D eigenvalue weighted by atomic mass is 10.2. The Kier molecular flexibility index (Phi) is 5.10. The summed E-state index contributed by atoms with van der Waals surface area (Å²) in [5.41, 5.74) is 0.417. The van der Waals surface area contributed by atoms with Gasteiger partial charge in [-0.3, -0.25) is 14.6 Å². The molecule has 0 N–H and O–H groups in total. The van der Waals surface area contributed by atoms with Crippen LogP contribution in [-0.2, 0) is 9.53 Å². The number of rotatable bonds is 5. The molecule has 0 aliphatic rings. The summed E-state index contributed by atoms with van der Waals surface area (Å²) in [6.45, 7) is 0.289. The number of aromatic nitrogens is 1. The number of carbonyl (C=O) groups excluding carboxylic acids is 2. The van der Waals surface area contributed by atoms with Crippen molar-refractivity contribution in [1.29, 1.82) is 0 Å². The summed E-state index contributed by atoms with van der Waals surface area (Å²) in [5.74, 6) is -0.165. The van der Waals surface area contributed by atoms with Crippen molar-refractivity contribution in [2.24, 2.45) is 0 Å². The Morgan fingerprint density at radius 3 is 2.72 bits per heavy atom. The first-order chi connectivity index (χ1) is 8.60. The van der Waals surface area contributed by atoms with Gasteiger partial charge in [-0.25, -0.2) is 0 Å². The molecule has 98 valence electrons. The molecule has 18 heavy (non-hydrogen) atoms. The van der Waals surface area contributed by atoms with Crippen molar-refractivity contribution in [1.82, 2.24) is 9.88 Å². The topological polar surface area (TPSA) is 68.7 Å². The second kappa shape index (κ2) is 6.58. The maximum absolute atomic E-state index is 12.1. The van der Waals surface area contributed by atoms with Crippen LogP contribution in [0.15, 0.2) is 18.5 Å². The number of carbonyl (C=O) groups is 2. The van der Waals surface area contributed by atoms with Gasteiger partial charge in [0, 0.05) is 19.8 Å². The predicted molar refractivity (Wildman–Crippen MR) is 64.4 cm³/mol. The number of hydrogen-bond acceptors (Lipinski definition) is 5. The number of ether oxygens (including phenoxy) is 2. The fourth-order valence-electron chi connectivity index (χ4n) is 1.39. The van der Waals surface area contributed by atoms with E-state index in [0.717, 1.165) is 0 Å². The van der Waals surface area contributed by atoms with E-state index < -0.39 is 0 Å². The highest BCUT2D eigenvalue weighted by Crippen LogP contribution is 2.17. The molecule has 1 amide bonds. The van der Waals surface area contributed by atoms with E-state index in [2.05, 4.69) is 9.72 Å². The summed E-state index contributed by atoms with van der Waals surface area (Å²) >= 11 is 0. The van der Waals surface area contributed by atoms with Crippen LogP contribution in [0.2, 0.25) is 0 Å². The van der Waals surface area contributed by atoms with Crippen LogP contribution in [0, 0.1) is 0 Å². The first-order valence-corrected chi connectivity index (χ1v) is 5.40. The van der Waals surface area contributed by atoms with Gasteiger partial charge in [-0.1, -0.05) is 0 Å². The van der Waals surface area contributed by atoms with E-state index in [4.69, 9.17) is 4.74 Å². The lowest BCUT2D eigenvalue weighted by Gasteiger charge is -2.17. The van der Waals surface area contributed by atoms with Gasteiger partial charge in [0.05, 0.1) is 32.4 Å². The molecule has 0 aliphatic heterocycles. The number of amides is 1. The highest BCUT2D eigenvalue weighted by Gasteiger charge is 2.17. The Hall–Kier alpha value is -2.11. The van der Waals surface area contributed by atoms with Crippen LogP contribution in [0.25, 0.3) is 0 Å². The average Bonchev–Trinajstić information content (AvgIpc) is 2.43. The molecule has 0 bridgehead atoms. The fourth-order valence-corrected chi connectivity index (χ4v) is 1.39. The van der Waals surface area contributed by atoms with E-state index in [1.807, 2.05) is 0 Å². The second-order valence-electron chi connectivity index (χ2n) is 3.63. The van der Waals surface area contributed by atoms with Gasteiger partial charge < -0.3 is 14.4 Å². The number of pyridine rings is 1. The Morgan fingerprint density at radius 2 is 2.11 bits per heavy atom. The predicted octanol–water partition coefficient (Wildman–Crippen LogP) is 0.725. The van der Waals surface area contributed by atoms with Gasteiger partial charge in [-0.2, -0.15) is 0 Å². The molecular formula is C12H16N2O4. The minimum absolute atomic E-state index is 0.159. The smallest absolute Gasteiger partial charge is 0.307 e. The number of esters is 1. The van der Waals surface area contributed by atoms with Crippen molar-refractivity contribution in [2.45, 2.75) is 6.42 Å². The molecule has 0 unspecified atom stereocenters. The molecule has 6 heteroatoms. The first-order valence-electron chi connectivity index (χ1n) is 5.40. The van der Waals surface area contributed by atoms with Crippen LogP contribution in [0.3, 0.4) is 0 Å². The zero-order valence-electron chi connectivity index (χ0n) is 10.7. The number of methoxy groups -OCH3 is 2. The van der Waals surface area contributed by atoms with Crippen molar-refractivity contribution < 1.29 is 19.1 Å². The van der Waals surface area contributed by atoms with E-state index in [1.54, 1.807) is 13.1 Å².